The van der Waals surface area contributed by atoms with Gasteiger partial charge in [-0.15, -0.1) is 23.1 Å². The van der Waals surface area contributed by atoms with Crippen molar-refractivity contribution in [2.24, 2.45) is 0 Å². The number of halogens is 1. The van der Waals surface area contributed by atoms with Crippen molar-refractivity contribution < 1.29 is 0 Å². The van der Waals surface area contributed by atoms with Crippen molar-refractivity contribution in [3.63, 3.8) is 0 Å². The lowest BCUT2D eigenvalue weighted by Crippen LogP contribution is -1.74. The van der Waals surface area contributed by atoms with E-state index in [0.717, 1.165) is 20.1 Å². The van der Waals surface area contributed by atoms with Crippen molar-refractivity contribution in [3.8, 4) is 6.07 Å². The lowest BCUT2D eigenvalue weighted by molar-refractivity contribution is 1.48. The van der Waals surface area contributed by atoms with Gasteiger partial charge in [-0.25, -0.2) is 0 Å². The smallest absolute Gasteiger partial charge is 0.101 e. The second-order valence-electron chi connectivity index (χ2n) is 2.75. The van der Waals surface area contributed by atoms with Crippen LogP contribution in [-0.4, -0.2) is 6.26 Å². The van der Waals surface area contributed by atoms with Gasteiger partial charge in [-0.1, -0.05) is 0 Å². The molecule has 0 aliphatic heterocycles. The second-order valence-corrected chi connectivity index (χ2v) is 5.36. The van der Waals surface area contributed by atoms with Gasteiger partial charge in [0.1, 0.15) is 6.07 Å². The van der Waals surface area contributed by atoms with Crippen molar-refractivity contribution in [1.82, 2.24) is 0 Å². The Bertz CT molecular complexity index is 525. The molecule has 0 atom stereocenters. The molecule has 0 radical (unpaired) electrons. The number of thioether (sulfide) groups is 1. The van der Waals surface area contributed by atoms with E-state index in [9.17, 15) is 0 Å². The van der Waals surface area contributed by atoms with Crippen LogP contribution in [0.2, 0.25) is 0 Å². The van der Waals surface area contributed by atoms with Gasteiger partial charge in [-0.3, -0.25) is 0 Å². The molecule has 0 N–H and O–H groups in total. The molecule has 0 saturated carbocycles. The molecule has 4 heteroatoms. The molecule has 1 aromatic carbocycles. The molecule has 0 fully saturated rings. The Morgan fingerprint density at radius 1 is 1.50 bits per heavy atom. The van der Waals surface area contributed by atoms with Crippen LogP contribution in [0.3, 0.4) is 0 Å². The Hall–Kier alpha value is -0.500. The van der Waals surface area contributed by atoms with Crippen molar-refractivity contribution in [2.75, 3.05) is 6.26 Å². The number of benzene rings is 1. The van der Waals surface area contributed by atoms with Crippen LogP contribution >= 0.6 is 39.0 Å². The standard InChI is InChI=1S/C10H6BrNS2/c1-13-7-2-8-6(4-12)5-14-10(8)9(11)3-7/h2-3,5H,1H3. The first-order chi connectivity index (χ1) is 6.76. The van der Waals surface area contributed by atoms with Crippen LogP contribution in [-0.2, 0) is 0 Å². The predicted molar refractivity (Wildman–Crippen MR) is 66.0 cm³/mol. The minimum atomic E-state index is 0.765. The summed E-state index contributed by atoms with van der Waals surface area (Å²) in [5.41, 5.74) is 0.765. The minimum Gasteiger partial charge on any atom is -0.192 e. The summed E-state index contributed by atoms with van der Waals surface area (Å²) in [6.45, 7) is 0. The first-order valence-corrected chi connectivity index (χ1v) is 6.81. The van der Waals surface area contributed by atoms with Crippen molar-refractivity contribution >= 4 is 49.1 Å². The van der Waals surface area contributed by atoms with Crippen LogP contribution in [0.25, 0.3) is 10.1 Å². The summed E-state index contributed by atoms with van der Waals surface area (Å²) in [6, 6.07) is 6.37. The molecular formula is C10H6BrNS2. The lowest BCUT2D eigenvalue weighted by Gasteiger charge is -1.99. The zero-order valence-electron chi connectivity index (χ0n) is 7.37. The highest BCUT2D eigenvalue weighted by Crippen LogP contribution is 2.35. The highest BCUT2D eigenvalue weighted by atomic mass is 79.9. The molecule has 0 saturated heterocycles. The van der Waals surface area contributed by atoms with E-state index >= 15 is 0 Å². The van der Waals surface area contributed by atoms with E-state index in [1.165, 1.54) is 4.90 Å². The van der Waals surface area contributed by atoms with Gasteiger partial charge >= 0.3 is 0 Å². The summed E-state index contributed by atoms with van der Waals surface area (Å²) >= 11 is 6.81. The number of nitriles is 1. The highest BCUT2D eigenvalue weighted by Gasteiger charge is 2.07. The molecule has 1 nitrogen and oxygen atoms in total. The fourth-order valence-electron chi connectivity index (χ4n) is 1.27. The summed E-state index contributed by atoms with van der Waals surface area (Å²) < 4.78 is 2.23. The van der Waals surface area contributed by atoms with E-state index in [0.29, 0.717) is 0 Å². The maximum absolute atomic E-state index is 8.91. The third kappa shape index (κ3) is 1.56. The van der Waals surface area contributed by atoms with E-state index in [-0.39, 0.29) is 0 Å². The van der Waals surface area contributed by atoms with Crippen LogP contribution in [0.15, 0.2) is 26.9 Å². The van der Waals surface area contributed by atoms with Gasteiger partial charge in [0.05, 0.1) is 5.56 Å². The van der Waals surface area contributed by atoms with Gasteiger partial charge in [-0.05, 0) is 34.3 Å². The monoisotopic (exact) mass is 283 g/mol. The van der Waals surface area contributed by atoms with Gasteiger partial charge in [0, 0.05) is 24.8 Å². The maximum Gasteiger partial charge on any atom is 0.101 e. The maximum atomic E-state index is 8.91. The van der Waals surface area contributed by atoms with Crippen LogP contribution in [0.5, 0.6) is 0 Å². The molecule has 0 unspecified atom stereocenters. The van der Waals surface area contributed by atoms with E-state index in [2.05, 4.69) is 34.1 Å². The zero-order chi connectivity index (χ0) is 10.1. The Balaban J connectivity index is 2.82. The molecule has 0 spiro atoms. The number of hydrogen-bond donors (Lipinski definition) is 0. The Kier molecular flexibility index (Phi) is 2.82. The van der Waals surface area contributed by atoms with Crippen LogP contribution in [0, 0.1) is 11.3 Å². The number of hydrogen-bond acceptors (Lipinski definition) is 3. The van der Waals surface area contributed by atoms with Crippen LogP contribution < -0.4 is 0 Å². The number of thiophene rings is 1. The fraction of sp³-hybridized carbons (Fsp3) is 0.100. The number of fused-ring (bicyclic) bond motifs is 1. The highest BCUT2D eigenvalue weighted by molar-refractivity contribution is 9.10. The molecule has 2 rings (SSSR count). The number of rotatable bonds is 1. The van der Waals surface area contributed by atoms with Gasteiger partial charge in [-0.2, -0.15) is 5.26 Å². The molecule has 1 aromatic heterocycles. The normalized spacial score (nSPS) is 10.4. The molecule has 70 valence electrons. The van der Waals surface area contributed by atoms with Gasteiger partial charge < -0.3 is 0 Å². The van der Waals surface area contributed by atoms with Gasteiger partial charge in [0.25, 0.3) is 0 Å². The molecule has 14 heavy (non-hydrogen) atoms. The van der Waals surface area contributed by atoms with Crippen LogP contribution in [0.4, 0.5) is 0 Å². The lowest BCUT2D eigenvalue weighted by atomic mass is 10.2. The molecule has 2 aromatic rings. The van der Waals surface area contributed by atoms with E-state index in [1.54, 1.807) is 23.1 Å². The quantitative estimate of drug-likeness (QED) is 0.731. The molecule has 1 heterocycles. The average molecular weight is 284 g/mol. The average Bonchev–Trinajstić information content (AvgIpc) is 2.61. The van der Waals surface area contributed by atoms with E-state index in [1.807, 2.05) is 11.6 Å². The topological polar surface area (TPSA) is 23.8 Å². The predicted octanol–water partition coefficient (Wildman–Crippen LogP) is 4.26. The molecular weight excluding hydrogens is 278 g/mol. The summed E-state index contributed by atoms with van der Waals surface area (Å²) in [5, 5.41) is 11.9. The summed E-state index contributed by atoms with van der Waals surface area (Å²) in [6.07, 6.45) is 2.03. The third-order valence-corrected chi connectivity index (χ3v) is 4.58. The van der Waals surface area contributed by atoms with Crippen molar-refractivity contribution in [3.05, 3.63) is 27.5 Å². The van der Waals surface area contributed by atoms with E-state index in [4.69, 9.17) is 5.26 Å². The largest absolute Gasteiger partial charge is 0.192 e. The Labute approximate surface area is 98.9 Å². The van der Waals surface area contributed by atoms with Crippen molar-refractivity contribution in [1.29, 1.82) is 5.26 Å². The van der Waals surface area contributed by atoms with E-state index < -0.39 is 0 Å². The second kappa shape index (κ2) is 3.93. The molecule has 0 aliphatic rings. The third-order valence-electron chi connectivity index (χ3n) is 1.96. The van der Waals surface area contributed by atoms with Crippen molar-refractivity contribution in [2.45, 2.75) is 4.90 Å². The molecule has 0 amide bonds. The summed E-state index contributed by atoms with van der Waals surface area (Å²) in [4.78, 5) is 1.18. The SMILES string of the molecule is CSc1cc(Br)c2scc(C#N)c2c1. The van der Waals surface area contributed by atoms with Gasteiger partial charge in [0.2, 0.25) is 0 Å². The molecule has 0 aliphatic carbocycles. The van der Waals surface area contributed by atoms with Crippen LogP contribution in [0.1, 0.15) is 5.56 Å². The Morgan fingerprint density at radius 2 is 2.29 bits per heavy atom. The summed E-state index contributed by atoms with van der Waals surface area (Å²) in [5.74, 6) is 0. The van der Waals surface area contributed by atoms with Gasteiger partial charge in [0.15, 0.2) is 0 Å². The minimum absolute atomic E-state index is 0.765. The zero-order valence-corrected chi connectivity index (χ0v) is 10.6. The molecule has 0 bridgehead atoms. The summed E-state index contributed by atoms with van der Waals surface area (Å²) in [7, 11) is 0. The first kappa shape index (κ1) is 10.0. The Morgan fingerprint density at radius 3 is 2.93 bits per heavy atom. The fourth-order valence-corrected chi connectivity index (χ4v) is 3.52. The first-order valence-electron chi connectivity index (χ1n) is 3.91. The number of nitrogens with zero attached hydrogens (tertiary/aromatic N) is 1.